The molecule has 1 saturated carbocycles. The van der Waals surface area contributed by atoms with Gasteiger partial charge in [-0.25, -0.2) is 0 Å². The molecule has 0 amide bonds. The van der Waals surface area contributed by atoms with Gasteiger partial charge in [0.05, 0.1) is 0 Å². The summed E-state index contributed by atoms with van der Waals surface area (Å²) in [6, 6.07) is 0. The fourth-order valence-corrected chi connectivity index (χ4v) is 1.23. The predicted molar refractivity (Wildman–Crippen MR) is 44.8 cm³/mol. The molecule has 1 aliphatic carbocycles. The van der Waals surface area contributed by atoms with Crippen LogP contribution in [0.2, 0.25) is 0 Å². The second-order valence-corrected chi connectivity index (χ2v) is 3.25. The first-order valence-corrected chi connectivity index (χ1v) is 4.36. The van der Waals surface area contributed by atoms with Crippen LogP contribution in [0.15, 0.2) is 0 Å². The molecule has 0 atom stereocenters. The zero-order valence-electron chi connectivity index (χ0n) is 7.71. The van der Waals surface area contributed by atoms with Gasteiger partial charge < -0.3 is 9.47 Å². The SMILES string of the molecule is COC(OC)C(=O)CCC1CC1. The summed E-state index contributed by atoms with van der Waals surface area (Å²) in [6.45, 7) is 0. The van der Waals surface area contributed by atoms with Gasteiger partial charge in [-0.3, -0.25) is 4.79 Å². The van der Waals surface area contributed by atoms with Crippen molar-refractivity contribution < 1.29 is 14.3 Å². The average Bonchev–Trinajstić information content (AvgIpc) is 2.86. The molecule has 0 saturated heterocycles. The maximum atomic E-state index is 11.3. The topological polar surface area (TPSA) is 35.5 Å². The minimum atomic E-state index is -0.649. The monoisotopic (exact) mass is 172 g/mol. The van der Waals surface area contributed by atoms with E-state index in [4.69, 9.17) is 9.47 Å². The summed E-state index contributed by atoms with van der Waals surface area (Å²) in [7, 11) is 2.98. The smallest absolute Gasteiger partial charge is 0.217 e. The number of hydrogen-bond donors (Lipinski definition) is 0. The summed E-state index contributed by atoms with van der Waals surface area (Å²) in [4.78, 5) is 11.3. The van der Waals surface area contributed by atoms with E-state index in [0.29, 0.717) is 6.42 Å². The molecular weight excluding hydrogens is 156 g/mol. The predicted octanol–water partition coefficient (Wildman–Crippen LogP) is 1.36. The third kappa shape index (κ3) is 2.91. The van der Waals surface area contributed by atoms with Crippen LogP contribution in [0.3, 0.4) is 0 Å². The molecule has 1 rings (SSSR count). The first-order chi connectivity index (χ1) is 5.77. The third-order valence-corrected chi connectivity index (χ3v) is 2.19. The molecule has 0 aliphatic heterocycles. The first kappa shape index (κ1) is 9.68. The number of carbonyl (C=O) groups is 1. The van der Waals surface area contributed by atoms with E-state index in [9.17, 15) is 4.79 Å². The summed E-state index contributed by atoms with van der Waals surface area (Å²) in [5.74, 6) is 0.857. The van der Waals surface area contributed by atoms with Crippen LogP contribution >= 0.6 is 0 Å². The summed E-state index contributed by atoms with van der Waals surface area (Å²) in [6.07, 6.45) is 3.53. The van der Waals surface area contributed by atoms with Crippen molar-refractivity contribution in [2.24, 2.45) is 5.92 Å². The maximum Gasteiger partial charge on any atom is 0.217 e. The fourth-order valence-electron chi connectivity index (χ4n) is 1.23. The molecule has 0 unspecified atom stereocenters. The van der Waals surface area contributed by atoms with E-state index in [1.165, 1.54) is 27.1 Å². The molecule has 0 heterocycles. The number of carbonyl (C=O) groups excluding carboxylic acids is 1. The minimum Gasteiger partial charge on any atom is -0.349 e. The van der Waals surface area contributed by atoms with Crippen LogP contribution in [0.1, 0.15) is 25.7 Å². The van der Waals surface area contributed by atoms with Crippen LogP contribution in [-0.4, -0.2) is 26.3 Å². The van der Waals surface area contributed by atoms with Gasteiger partial charge in [0.2, 0.25) is 6.29 Å². The third-order valence-electron chi connectivity index (χ3n) is 2.19. The Kier molecular flexibility index (Phi) is 3.69. The lowest BCUT2D eigenvalue weighted by Crippen LogP contribution is -2.24. The Morgan fingerprint density at radius 1 is 1.42 bits per heavy atom. The lowest BCUT2D eigenvalue weighted by molar-refractivity contribution is -0.156. The highest BCUT2D eigenvalue weighted by molar-refractivity contribution is 5.81. The van der Waals surface area contributed by atoms with Crippen molar-refractivity contribution in [1.82, 2.24) is 0 Å². The molecule has 0 aromatic heterocycles. The van der Waals surface area contributed by atoms with Crippen LogP contribution in [0.5, 0.6) is 0 Å². The Balaban J connectivity index is 2.15. The summed E-state index contributed by atoms with van der Waals surface area (Å²) < 4.78 is 9.68. The molecule has 0 aromatic rings. The van der Waals surface area contributed by atoms with Crippen molar-refractivity contribution in [3.63, 3.8) is 0 Å². The van der Waals surface area contributed by atoms with Gasteiger partial charge in [0.25, 0.3) is 0 Å². The summed E-state index contributed by atoms with van der Waals surface area (Å²) >= 11 is 0. The molecule has 3 nitrogen and oxygen atoms in total. The highest BCUT2D eigenvalue weighted by Gasteiger charge is 2.24. The fraction of sp³-hybridized carbons (Fsp3) is 0.889. The van der Waals surface area contributed by atoms with E-state index in [2.05, 4.69) is 0 Å². The lowest BCUT2D eigenvalue weighted by atomic mass is 10.1. The zero-order chi connectivity index (χ0) is 8.97. The maximum absolute atomic E-state index is 11.3. The lowest BCUT2D eigenvalue weighted by Gasteiger charge is -2.11. The summed E-state index contributed by atoms with van der Waals surface area (Å²) in [5.41, 5.74) is 0. The molecule has 0 bridgehead atoms. The normalized spacial score (nSPS) is 16.9. The Bertz CT molecular complexity index is 148. The molecule has 0 N–H and O–H groups in total. The van der Waals surface area contributed by atoms with E-state index < -0.39 is 6.29 Å². The highest BCUT2D eigenvalue weighted by atomic mass is 16.7. The molecule has 1 fully saturated rings. The van der Waals surface area contributed by atoms with Gasteiger partial charge in [0.15, 0.2) is 5.78 Å². The number of ketones is 1. The average molecular weight is 172 g/mol. The van der Waals surface area contributed by atoms with Gasteiger partial charge in [-0.1, -0.05) is 12.8 Å². The van der Waals surface area contributed by atoms with Crippen molar-refractivity contribution in [1.29, 1.82) is 0 Å². The minimum absolute atomic E-state index is 0.0619. The van der Waals surface area contributed by atoms with E-state index in [1.54, 1.807) is 0 Å². The highest BCUT2D eigenvalue weighted by Crippen LogP contribution is 2.33. The Labute approximate surface area is 73.0 Å². The van der Waals surface area contributed by atoms with E-state index in [1.807, 2.05) is 0 Å². The van der Waals surface area contributed by atoms with Crippen molar-refractivity contribution in [2.75, 3.05) is 14.2 Å². The second-order valence-electron chi connectivity index (χ2n) is 3.25. The van der Waals surface area contributed by atoms with Crippen LogP contribution in [0.25, 0.3) is 0 Å². The quantitative estimate of drug-likeness (QED) is 0.567. The molecule has 0 radical (unpaired) electrons. The Morgan fingerprint density at radius 3 is 2.42 bits per heavy atom. The van der Waals surface area contributed by atoms with E-state index >= 15 is 0 Å². The Hall–Kier alpha value is -0.410. The van der Waals surface area contributed by atoms with Crippen molar-refractivity contribution in [3.05, 3.63) is 0 Å². The van der Waals surface area contributed by atoms with E-state index in [-0.39, 0.29) is 5.78 Å². The zero-order valence-corrected chi connectivity index (χ0v) is 7.71. The van der Waals surface area contributed by atoms with Crippen molar-refractivity contribution >= 4 is 5.78 Å². The van der Waals surface area contributed by atoms with Crippen LogP contribution in [-0.2, 0) is 14.3 Å². The number of hydrogen-bond acceptors (Lipinski definition) is 3. The van der Waals surface area contributed by atoms with Gasteiger partial charge in [0, 0.05) is 20.6 Å². The number of ether oxygens (including phenoxy) is 2. The van der Waals surface area contributed by atoms with Gasteiger partial charge in [-0.2, -0.15) is 0 Å². The van der Waals surface area contributed by atoms with Crippen LogP contribution in [0.4, 0.5) is 0 Å². The molecule has 12 heavy (non-hydrogen) atoms. The van der Waals surface area contributed by atoms with Crippen molar-refractivity contribution in [3.8, 4) is 0 Å². The van der Waals surface area contributed by atoms with Crippen molar-refractivity contribution in [2.45, 2.75) is 32.0 Å². The Morgan fingerprint density at radius 2 is 2.00 bits per heavy atom. The van der Waals surface area contributed by atoms with Gasteiger partial charge in [-0.05, 0) is 12.3 Å². The molecule has 70 valence electrons. The number of Topliss-reactive ketones (excluding diaryl/α,β-unsaturated/α-hetero) is 1. The second kappa shape index (κ2) is 4.58. The molecule has 1 aliphatic rings. The first-order valence-electron chi connectivity index (χ1n) is 4.36. The standard InChI is InChI=1S/C9H16O3/c1-11-9(12-2)8(10)6-5-7-3-4-7/h7,9H,3-6H2,1-2H3. The van der Waals surface area contributed by atoms with Crippen LogP contribution in [0, 0.1) is 5.92 Å². The van der Waals surface area contributed by atoms with Gasteiger partial charge in [0.1, 0.15) is 0 Å². The van der Waals surface area contributed by atoms with Crippen LogP contribution < -0.4 is 0 Å². The largest absolute Gasteiger partial charge is 0.349 e. The van der Waals surface area contributed by atoms with Gasteiger partial charge >= 0.3 is 0 Å². The summed E-state index contributed by atoms with van der Waals surface area (Å²) in [5, 5.41) is 0. The molecular formula is C9H16O3. The number of methoxy groups -OCH3 is 2. The van der Waals surface area contributed by atoms with Gasteiger partial charge in [-0.15, -0.1) is 0 Å². The molecule has 0 aromatic carbocycles. The molecule has 3 heteroatoms. The number of rotatable bonds is 6. The molecule has 0 spiro atoms. The van der Waals surface area contributed by atoms with E-state index in [0.717, 1.165) is 12.3 Å².